The minimum Gasteiger partial charge on any atom is -0.0683 e. The van der Waals surface area contributed by atoms with E-state index in [1.165, 1.54) is 21.2 Å². The molecule has 0 fully saturated rings. The molecule has 2 aromatic carbocycles. The van der Waals surface area contributed by atoms with E-state index in [9.17, 15) is 0 Å². The van der Waals surface area contributed by atoms with Crippen molar-refractivity contribution < 1.29 is 4.74 Å². The molecule has 0 spiro atoms. The molecule has 21 heavy (non-hydrogen) atoms. The van der Waals surface area contributed by atoms with Gasteiger partial charge in [-0.2, -0.15) is 0 Å². The number of ether oxygens (including phenoxy) is 1. The summed E-state index contributed by atoms with van der Waals surface area (Å²) in [6, 6.07) is 16.9. The third kappa shape index (κ3) is 5.79. The molecule has 0 saturated heterocycles. The van der Waals surface area contributed by atoms with Crippen LogP contribution in [0.25, 0.3) is 4.47 Å². The second-order valence-corrected chi connectivity index (χ2v) is 6.67. The Morgan fingerprint density at radius 1 is 1.00 bits per heavy atom. The Labute approximate surface area is 135 Å². The number of hydrogen-bond donors (Lipinski definition) is 0. The monoisotopic (exact) mass is 348 g/mol. The first-order valence-corrected chi connectivity index (χ1v) is 9.27. The van der Waals surface area contributed by atoms with Crippen molar-refractivity contribution in [1.29, 1.82) is 0 Å². The summed E-state index contributed by atoms with van der Waals surface area (Å²) in [4.78, 5) is 0. The van der Waals surface area contributed by atoms with Gasteiger partial charge in [0.2, 0.25) is 0 Å². The van der Waals surface area contributed by atoms with Crippen molar-refractivity contribution in [3.05, 3.63) is 71.8 Å². The summed E-state index contributed by atoms with van der Waals surface area (Å²) in [6.45, 7) is 10.3. The molecular formula is C19H24OSe. The Kier molecular flexibility index (Phi) is 7.89. The average molecular weight is 347 g/mol. The molecule has 112 valence electrons. The number of methoxy groups -OCH3 is 1. The van der Waals surface area contributed by atoms with E-state index < -0.39 is 0 Å². The minimum absolute atomic E-state index is 0.393. The van der Waals surface area contributed by atoms with Crippen LogP contribution in [0.1, 0.15) is 30.5 Å². The predicted molar refractivity (Wildman–Crippen MR) is 94.0 cm³/mol. The van der Waals surface area contributed by atoms with Crippen molar-refractivity contribution in [3.8, 4) is 5.75 Å². The van der Waals surface area contributed by atoms with Crippen LogP contribution in [0.5, 0.6) is 5.75 Å². The van der Waals surface area contributed by atoms with E-state index in [0.717, 1.165) is 11.1 Å². The summed E-state index contributed by atoms with van der Waals surface area (Å²) in [5.41, 5.74) is 3.92. The van der Waals surface area contributed by atoms with Crippen LogP contribution in [0.2, 0.25) is 0 Å². The van der Waals surface area contributed by atoms with Gasteiger partial charge in [0.1, 0.15) is 0 Å². The summed E-state index contributed by atoms with van der Waals surface area (Å²) in [6.07, 6.45) is 0. The van der Waals surface area contributed by atoms with Crippen LogP contribution in [-0.2, 0) is 5.32 Å². The molecule has 0 saturated carbocycles. The Morgan fingerprint density at radius 2 is 1.57 bits per heavy atom. The van der Waals surface area contributed by atoms with Crippen LogP contribution >= 0.6 is 0 Å². The zero-order valence-corrected chi connectivity index (χ0v) is 15.1. The van der Waals surface area contributed by atoms with Gasteiger partial charge < -0.3 is 0 Å². The molecular weight excluding hydrogens is 323 g/mol. The number of benzene rings is 2. The third-order valence-electron chi connectivity index (χ3n) is 2.95. The average Bonchev–Trinajstić information content (AvgIpc) is 2.56. The van der Waals surface area contributed by atoms with Crippen LogP contribution in [0.4, 0.5) is 0 Å². The molecule has 2 aromatic rings. The fourth-order valence-corrected chi connectivity index (χ4v) is 3.47. The van der Waals surface area contributed by atoms with Crippen molar-refractivity contribution in [2.45, 2.75) is 26.1 Å². The molecule has 0 unspecified atom stereocenters. The molecule has 0 aliphatic carbocycles. The van der Waals surface area contributed by atoms with Gasteiger partial charge in [-0.1, -0.05) is 13.8 Å². The van der Waals surface area contributed by atoms with Crippen molar-refractivity contribution >= 4 is 19.4 Å². The van der Waals surface area contributed by atoms with Gasteiger partial charge in [-0.25, -0.2) is 0 Å². The molecule has 0 amide bonds. The number of aryl methyl sites for hydroxylation is 1. The molecule has 0 aliphatic rings. The zero-order chi connectivity index (χ0) is 15.7. The minimum atomic E-state index is 0.393. The van der Waals surface area contributed by atoms with Crippen molar-refractivity contribution in [1.82, 2.24) is 0 Å². The van der Waals surface area contributed by atoms with E-state index in [0.29, 0.717) is 15.0 Å². The zero-order valence-electron chi connectivity index (χ0n) is 13.3. The molecule has 2 heteroatoms. The van der Waals surface area contributed by atoms with E-state index in [1.54, 1.807) is 7.11 Å². The maximum atomic E-state index is 5.16. The molecule has 1 nitrogen and oxygen atoms in total. The Morgan fingerprint density at radius 3 is 2.10 bits per heavy atom. The first-order chi connectivity index (χ1) is 10.2. The van der Waals surface area contributed by atoms with Crippen molar-refractivity contribution in [2.75, 3.05) is 7.11 Å². The number of rotatable bonds is 5. The van der Waals surface area contributed by atoms with E-state index in [4.69, 9.17) is 4.74 Å². The van der Waals surface area contributed by atoms with Crippen LogP contribution in [0.15, 0.2) is 55.1 Å². The van der Waals surface area contributed by atoms with Crippen molar-refractivity contribution in [2.24, 2.45) is 0 Å². The fourth-order valence-electron chi connectivity index (χ4n) is 1.71. The van der Waals surface area contributed by atoms with Crippen LogP contribution in [0, 0.1) is 6.92 Å². The molecule has 0 N–H and O–H groups in total. The van der Waals surface area contributed by atoms with Gasteiger partial charge in [0.15, 0.2) is 0 Å². The van der Waals surface area contributed by atoms with E-state index in [1.807, 2.05) is 26.0 Å². The third-order valence-corrected chi connectivity index (χ3v) is 5.17. The fraction of sp³-hybridized carbons (Fsp3) is 0.263. The van der Waals surface area contributed by atoms with Crippen LogP contribution < -0.4 is 4.74 Å². The van der Waals surface area contributed by atoms with Crippen LogP contribution in [0.3, 0.4) is 0 Å². The number of hydrogen-bond acceptors (Lipinski definition) is 1. The SMILES string of the molecule is C=C([Se]Cc1ccc(C)cc1)c1ccc(OC)cc1.CC. The van der Waals surface area contributed by atoms with E-state index >= 15 is 0 Å². The molecule has 0 heterocycles. The second kappa shape index (κ2) is 9.44. The summed E-state index contributed by atoms with van der Waals surface area (Å²) in [5, 5.41) is 1.10. The maximum Gasteiger partial charge on any atom is -0.0683 e. The largest absolute Gasteiger partial charge is 0.0683 e. The molecule has 0 bridgehead atoms. The summed E-state index contributed by atoms with van der Waals surface area (Å²) < 4.78 is 6.40. The Balaban J connectivity index is 0.00000106. The molecule has 0 aromatic heterocycles. The molecule has 0 radical (unpaired) electrons. The van der Waals surface area contributed by atoms with Gasteiger partial charge in [0.05, 0.1) is 0 Å². The summed E-state index contributed by atoms with van der Waals surface area (Å²) in [7, 11) is 1.69. The Hall–Kier alpha value is -1.50. The van der Waals surface area contributed by atoms with Gasteiger partial charge in [0, 0.05) is 0 Å². The first-order valence-electron chi connectivity index (χ1n) is 7.21. The van der Waals surface area contributed by atoms with E-state index in [2.05, 4.69) is 49.9 Å². The molecule has 0 atom stereocenters. The first kappa shape index (κ1) is 17.6. The summed E-state index contributed by atoms with van der Waals surface area (Å²) >= 11 is 0.393. The van der Waals surface area contributed by atoms with Gasteiger partial charge >= 0.3 is 121 Å². The standard InChI is InChI=1S/C17H18OSe.C2H6/c1-13-4-6-15(7-5-13)12-19-14(2)16-8-10-17(18-3)11-9-16;1-2/h4-11H,2,12H2,1,3H3;1-2H3. The maximum absolute atomic E-state index is 5.16. The van der Waals surface area contributed by atoms with Crippen molar-refractivity contribution in [3.63, 3.8) is 0 Å². The van der Waals surface area contributed by atoms with Gasteiger partial charge in [-0.15, -0.1) is 0 Å². The quantitative estimate of drug-likeness (QED) is 0.699. The van der Waals surface area contributed by atoms with E-state index in [-0.39, 0.29) is 0 Å². The topological polar surface area (TPSA) is 9.23 Å². The molecule has 2 rings (SSSR count). The predicted octanol–water partition coefficient (Wildman–Crippen LogP) is 4.90. The Bertz CT molecular complexity index is 541. The van der Waals surface area contributed by atoms with Gasteiger partial charge in [-0.3, -0.25) is 0 Å². The molecule has 0 aliphatic heterocycles. The van der Waals surface area contributed by atoms with Gasteiger partial charge in [-0.05, 0) is 0 Å². The van der Waals surface area contributed by atoms with Crippen LogP contribution in [-0.4, -0.2) is 22.1 Å². The second-order valence-electron chi connectivity index (χ2n) is 4.43. The smallest absolute Gasteiger partial charge is 0.0683 e. The van der Waals surface area contributed by atoms with Gasteiger partial charge in [0.25, 0.3) is 0 Å². The normalized spacial score (nSPS) is 9.52. The summed E-state index contributed by atoms with van der Waals surface area (Å²) in [5.74, 6) is 0.891.